The first kappa shape index (κ1) is 29.0. The molecule has 15 heteroatoms. The van der Waals surface area contributed by atoms with Crippen LogP contribution in [0.2, 0.25) is 11.0 Å². The third kappa shape index (κ3) is 5.77. The predicted molar refractivity (Wildman–Crippen MR) is 138 cm³/mol. The van der Waals surface area contributed by atoms with Gasteiger partial charge in [0, 0.05) is 37.9 Å². The lowest BCUT2D eigenvalue weighted by molar-refractivity contribution is -0.153. The molecule has 40 heavy (non-hydrogen) atoms. The normalized spacial score (nSPS) is 17.6. The Morgan fingerprint density at radius 3 is 2.80 bits per heavy atom. The molecule has 2 aromatic rings. The number of fused-ring (bicyclic) bond motifs is 1. The van der Waals surface area contributed by atoms with E-state index in [1.54, 1.807) is 19.1 Å². The number of carbonyl (C=O) groups excluding carboxylic acids is 5. The lowest BCUT2D eigenvalue weighted by Gasteiger charge is -2.33. The van der Waals surface area contributed by atoms with Crippen LogP contribution in [-0.2, 0) is 25.6 Å². The minimum atomic E-state index is -1.78. The number of nitrogens with one attached hydrogen (secondary N) is 1. The fourth-order valence-corrected chi connectivity index (χ4v) is 4.85. The van der Waals surface area contributed by atoms with E-state index in [9.17, 15) is 29.0 Å². The molecule has 210 valence electrons. The molecule has 3 heterocycles. The molecule has 0 saturated carbocycles. The van der Waals surface area contributed by atoms with Crippen molar-refractivity contribution in [3.63, 3.8) is 0 Å². The summed E-state index contributed by atoms with van der Waals surface area (Å²) in [6.07, 6.45) is -0.138. The van der Waals surface area contributed by atoms with Crippen molar-refractivity contribution in [3.05, 3.63) is 52.1 Å². The van der Waals surface area contributed by atoms with Crippen LogP contribution < -0.4 is 14.7 Å². The van der Waals surface area contributed by atoms with Crippen molar-refractivity contribution >= 4 is 48.8 Å². The summed E-state index contributed by atoms with van der Waals surface area (Å²) in [5.41, 5.74) is 0.937. The maximum atomic E-state index is 15.2. The second-order valence-electron chi connectivity index (χ2n) is 9.29. The topological polar surface area (TPSA) is 155 Å². The Bertz CT molecular complexity index is 1380. The van der Waals surface area contributed by atoms with Crippen LogP contribution in [0.3, 0.4) is 0 Å². The Morgan fingerprint density at radius 1 is 1.35 bits per heavy atom. The number of Topliss-reactive ketones (excluding diaryl/α,β-unsaturated/α-hetero) is 1. The van der Waals surface area contributed by atoms with Gasteiger partial charge in [0.2, 0.25) is 0 Å². The Hall–Kier alpha value is -4.04. The van der Waals surface area contributed by atoms with Gasteiger partial charge >= 0.3 is 25.0 Å². The summed E-state index contributed by atoms with van der Waals surface area (Å²) in [5, 5.41) is 12.4. The highest BCUT2D eigenvalue weighted by atomic mass is 35.5. The number of hydrogen-bond acceptors (Lipinski definition) is 9. The Balaban J connectivity index is 1.63. The molecule has 1 fully saturated rings. The van der Waals surface area contributed by atoms with Crippen LogP contribution in [0.15, 0.2) is 24.3 Å². The van der Waals surface area contributed by atoms with Crippen LogP contribution in [0, 0.1) is 12.7 Å². The van der Waals surface area contributed by atoms with Crippen molar-refractivity contribution in [3.8, 4) is 11.5 Å². The van der Waals surface area contributed by atoms with Gasteiger partial charge in [0.1, 0.15) is 17.5 Å². The van der Waals surface area contributed by atoms with Crippen molar-refractivity contribution in [2.45, 2.75) is 38.5 Å². The van der Waals surface area contributed by atoms with E-state index >= 15 is 4.39 Å². The quantitative estimate of drug-likeness (QED) is 0.207. The van der Waals surface area contributed by atoms with Crippen LogP contribution in [0.4, 0.5) is 9.18 Å². The summed E-state index contributed by atoms with van der Waals surface area (Å²) in [5.74, 6) is -4.62. The minimum absolute atomic E-state index is 0.00893. The van der Waals surface area contributed by atoms with E-state index in [4.69, 9.17) is 16.3 Å². The zero-order valence-corrected chi connectivity index (χ0v) is 22.3. The number of hydrogen-bond donors (Lipinski definition) is 2. The first-order valence-electron chi connectivity index (χ1n) is 12.4. The van der Waals surface area contributed by atoms with Crippen LogP contribution >= 0.6 is 11.6 Å². The number of carbonyl (C=O) groups is 5. The third-order valence-corrected chi connectivity index (χ3v) is 7.05. The van der Waals surface area contributed by atoms with Crippen molar-refractivity contribution in [2.24, 2.45) is 0 Å². The van der Waals surface area contributed by atoms with Crippen molar-refractivity contribution in [1.82, 2.24) is 20.1 Å². The van der Waals surface area contributed by atoms with Gasteiger partial charge in [0.15, 0.2) is 22.5 Å². The van der Waals surface area contributed by atoms with Gasteiger partial charge < -0.3 is 24.6 Å². The number of benzene rings is 1. The number of piperazine rings is 1. The molecule has 2 aliphatic heterocycles. The zero-order chi connectivity index (χ0) is 29.1. The molecule has 1 unspecified atom stereocenters. The standard InChI is InChI=1S/C25H25BClFN4O8/c1-3-31-7-8-32(24(36)23(31)35)25(37)30-20(19-16(28)11-18(39-12-33)22(27)29-19)17(34)10-15-9-14-6-4-5-13(2)21(14)40-26(15)38/h4-6,11-12,15,20,38H,3,7-10H2,1-2H3,(H,30,37)/t15-,20?/m1/s1. The van der Waals surface area contributed by atoms with E-state index in [1.165, 1.54) is 4.90 Å². The summed E-state index contributed by atoms with van der Waals surface area (Å²) in [4.78, 5) is 67.9. The van der Waals surface area contributed by atoms with Gasteiger partial charge in [-0.15, -0.1) is 0 Å². The molecule has 0 radical (unpaired) electrons. The molecular formula is C25H25BClFN4O8. The molecule has 2 N–H and O–H groups in total. The summed E-state index contributed by atoms with van der Waals surface area (Å²) in [6.45, 7) is 3.68. The molecule has 0 bridgehead atoms. The maximum absolute atomic E-state index is 15.2. The molecule has 0 spiro atoms. The summed E-state index contributed by atoms with van der Waals surface area (Å²) < 4.78 is 25.4. The highest BCUT2D eigenvalue weighted by Gasteiger charge is 2.41. The van der Waals surface area contributed by atoms with Gasteiger partial charge in [-0.25, -0.2) is 14.2 Å². The number of halogens is 2. The van der Waals surface area contributed by atoms with Crippen molar-refractivity contribution in [2.75, 3.05) is 19.6 Å². The van der Waals surface area contributed by atoms with Crippen LogP contribution in [0.25, 0.3) is 0 Å². The number of aromatic nitrogens is 1. The number of amides is 4. The molecule has 0 aliphatic carbocycles. The number of para-hydroxylation sites is 1. The number of pyridine rings is 1. The third-order valence-electron chi connectivity index (χ3n) is 6.78. The monoisotopic (exact) mass is 574 g/mol. The number of imide groups is 1. The SMILES string of the molecule is CCN1CCN(C(=O)NC(C(=O)C[C@H]2Cc3cccc(C)c3OB2O)c2nc(Cl)c(OC=O)cc2F)C(=O)C1=O. The second-order valence-corrected chi connectivity index (χ2v) is 9.65. The molecular weight excluding hydrogens is 550 g/mol. The molecule has 1 aromatic heterocycles. The Kier molecular flexibility index (Phi) is 8.69. The van der Waals surface area contributed by atoms with E-state index in [0.29, 0.717) is 10.6 Å². The fourth-order valence-electron chi connectivity index (χ4n) is 4.66. The highest BCUT2D eigenvalue weighted by molar-refractivity contribution is 6.46. The summed E-state index contributed by atoms with van der Waals surface area (Å²) in [6, 6.07) is 3.21. The van der Waals surface area contributed by atoms with E-state index in [2.05, 4.69) is 15.0 Å². The van der Waals surface area contributed by atoms with Gasteiger partial charge in [-0.05, 0) is 31.4 Å². The molecule has 2 aliphatic rings. The number of urea groups is 1. The first-order chi connectivity index (χ1) is 19.0. The van der Waals surface area contributed by atoms with E-state index in [-0.39, 0.29) is 38.9 Å². The van der Waals surface area contributed by atoms with Gasteiger partial charge in [0.25, 0.3) is 6.47 Å². The van der Waals surface area contributed by atoms with Gasteiger partial charge in [-0.1, -0.05) is 29.8 Å². The van der Waals surface area contributed by atoms with Crippen LogP contribution in [0.1, 0.15) is 36.2 Å². The largest absolute Gasteiger partial charge is 0.536 e. The summed E-state index contributed by atoms with van der Waals surface area (Å²) in [7, 11) is -1.38. The number of nitrogens with zero attached hydrogens (tertiary/aromatic N) is 3. The molecule has 12 nitrogen and oxygen atoms in total. The van der Waals surface area contributed by atoms with Gasteiger partial charge in [-0.2, -0.15) is 0 Å². The number of ketones is 1. The van der Waals surface area contributed by atoms with Crippen LogP contribution in [-0.4, -0.2) is 76.7 Å². The van der Waals surface area contributed by atoms with Crippen molar-refractivity contribution < 1.29 is 42.8 Å². The Morgan fingerprint density at radius 2 is 2.10 bits per heavy atom. The molecule has 4 rings (SSSR count). The summed E-state index contributed by atoms with van der Waals surface area (Å²) >= 11 is 6.01. The van der Waals surface area contributed by atoms with Crippen LogP contribution in [0.5, 0.6) is 11.5 Å². The van der Waals surface area contributed by atoms with E-state index < -0.39 is 65.0 Å². The fraction of sp³-hybridized carbons (Fsp3) is 0.360. The first-order valence-corrected chi connectivity index (χ1v) is 12.8. The van der Waals surface area contributed by atoms with E-state index in [1.807, 2.05) is 13.0 Å². The van der Waals surface area contributed by atoms with Crippen molar-refractivity contribution in [1.29, 1.82) is 0 Å². The molecule has 4 amide bonds. The molecule has 1 saturated heterocycles. The average Bonchev–Trinajstić information content (AvgIpc) is 2.92. The van der Waals surface area contributed by atoms with E-state index in [0.717, 1.165) is 17.2 Å². The minimum Gasteiger partial charge on any atom is -0.536 e. The number of rotatable bonds is 8. The lowest BCUT2D eigenvalue weighted by Crippen LogP contribution is -2.58. The molecule has 2 atom stereocenters. The number of aryl methyl sites for hydroxylation is 1. The average molecular weight is 575 g/mol. The number of ether oxygens (including phenoxy) is 1. The van der Waals surface area contributed by atoms with Gasteiger partial charge in [-0.3, -0.25) is 24.1 Å². The predicted octanol–water partition coefficient (Wildman–Crippen LogP) is 1.60. The maximum Gasteiger partial charge on any atom is 0.526 e. The lowest BCUT2D eigenvalue weighted by atomic mass is 9.64. The van der Waals surface area contributed by atoms with Gasteiger partial charge in [0.05, 0.1) is 0 Å². The molecule has 1 aromatic carbocycles. The highest BCUT2D eigenvalue weighted by Crippen LogP contribution is 2.37. The smallest absolute Gasteiger partial charge is 0.526 e. The zero-order valence-electron chi connectivity index (χ0n) is 21.6. The Labute approximate surface area is 233 Å². The number of likely N-dealkylation sites (N-methyl/N-ethyl adjacent to an activating group) is 1. The second kappa shape index (κ2) is 12.0.